The number of halogens is 1. The molecule has 1 aromatic carbocycles. The van der Waals surface area contributed by atoms with Crippen LogP contribution in [0.5, 0.6) is 0 Å². The maximum Gasteiger partial charge on any atom is 0.262 e. The van der Waals surface area contributed by atoms with Gasteiger partial charge in [0, 0.05) is 29.6 Å². The van der Waals surface area contributed by atoms with E-state index in [4.69, 9.17) is 16.3 Å². The number of carbonyl (C=O) groups is 1. The standard InChI is InChI=1S/C20H23ClN4O2S/c1-11-6-12-7-17(28-18(12)9-25(11)2)20(26)24-16(10-27-3)19-22-14-5-4-13(21)8-15(14)23-19/h4-5,7-8,11,16H,6,9-10H2,1-3H3,(H,22,23)(H,24,26)/t11?,16-/m0/s1. The molecule has 3 aromatic rings. The van der Waals surface area contributed by atoms with Crippen molar-refractivity contribution in [1.82, 2.24) is 20.2 Å². The molecule has 0 spiro atoms. The van der Waals surface area contributed by atoms with Crippen LogP contribution < -0.4 is 5.32 Å². The average molecular weight is 419 g/mol. The lowest BCUT2D eigenvalue weighted by atomic mass is 10.0. The maximum atomic E-state index is 12.9. The summed E-state index contributed by atoms with van der Waals surface area (Å²) in [5.74, 6) is 0.553. The van der Waals surface area contributed by atoms with Crippen molar-refractivity contribution in [2.75, 3.05) is 20.8 Å². The summed E-state index contributed by atoms with van der Waals surface area (Å²) in [6.07, 6.45) is 0.974. The lowest BCUT2D eigenvalue weighted by Crippen LogP contribution is -2.34. The van der Waals surface area contributed by atoms with E-state index in [1.165, 1.54) is 10.4 Å². The third kappa shape index (κ3) is 3.80. The van der Waals surface area contributed by atoms with E-state index in [-0.39, 0.29) is 11.9 Å². The number of hydrogen-bond acceptors (Lipinski definition) is 5. The summed E-state index contributed by atoms with van der Waals surface area (Å²) in [5, 5.41) is 3.69. The van der Waals surface area contributed by atoms with Crippen LogP contribution in [0.3, 0.4) is 0 Å². The number of ether oxygens (including phenoxy) is 1. The van der Waals surface area contributed by atoms with Crippen LogP contribution >= 0.6 is 22.9 Å². The van der Waals surface area contributed by atoms with Gasteiger partial charge in [0.2, 0.25) is 0 Å². The molecule has 28 heavy (non-hydrogen) atoms. The Bertz CT molecular complexity index is 987. The van der Waals surface area contributed by atoms with Gasteiger partial charge >= 0.3 is 0 Å². The number of thiophene rings is 1. The Kier molecular flexibility index (Phi) is 5.42. The summed E-state index contributed by atoms with van der Waals surface area (Å²) in [6, 6.07) is 7.63. The molecule has 6 nitrogen and oxygen atoms in total. The van der Waals surface area contributed by atoms with E-state index < -0.39 is 0 Å². The Labute approximate surface area is 172 Å². The largest absolute Gasteiger partial charge is 0.382 e. The second kappa shape index (κ2) is 7.83. The van der Waals surface area contributed by atoms with Gasteiger partial charge in [0.25, 0.3) is 5.91 Å². The van der Waals surface area contributed by atoms with E-state index in [0.29, 0.717) is 23.5 Å². The highest BCUT2D eigenvalue weighted by Gasteiger charge is 2.25. The Morgan fingerprint density at radius 1 is 1.50 bits per heavy atom. The van der Waals surface area contributed by atoms with Gasteiger partial charge in [-0.15, -0.1) is 11.3 Å². The van der Waals surface area contributed by atoms with Gasteiger partial charge in [0.15, 0.2) is 0 Å². The van der Waals surface area contributed by atoms with Gasteiger partial charge in [-0.2, -0.15) is 0 Å². The fourth-order valence-electron chi connectivity index (χ4n) is 3.49. The van der Waals surface area contributed by atoms with Gasteiger partial charge in [-0.3, -0.25) is 9.69 Å². The van der Waals surface area contributed by atoms with E-state index in [9.17, 15) is 4.79 Å². The van der Waals surface area contributed by atoms with E-state index >= 15 is 0 Å². The van der Waals surface area contributed by atoms with E-state index in [0.717, 1.165) is 28.9 Å². The van der Waals surface area contributed by atoms with E-state index in [1.54, 1.807) is 24.5 Å². The monoisotopic (exact) mass is 418 g/mol. The number of fused-ring (bicyclic) bond motifs is 2. The fraction of sp³-hybridized carbons (Fsp3) is 0.400. The Hall–Kier alpha value is -1.93. The predicted molar refractivity (Wildman–Crippen MR) is 112 cm³/mol. The predicted octanol–water partition coefficient (Wildman–Crippen LogP) is 3.77. The first-order valence-electron chi connectivity index (χ1n) is 9.21. The Morgan fingerprint density at radius 2 is 2.32 bits per heavy atom. The number of carbonyl (C=O) groups excluding carboxylic acids is 1. The zero-order valence-electron chi connectivity index (χ0n) is 16.1. The van der Waals surface area contributed by atoms with Crippen molar-refractivity contribution in [3.8, 4) is 0 Å². The second-order valence-electron chi connectivity index (χ2n) is 7.29. The lowest BCUT2D eigenvalue weighted by Gasteiger charge is -2.29. The minimum Gasteiger partial charge on any atom is -0.382 e. The quantitative estimate of drug-likeness (QED) is 0.661. The number of imidazole rings is 1. The van der Waals surface area contributed by atoms with Gasteiger partial charge in [0.05, 0.1) is 22.5 Å². The highest BCUT2D eigenvalue weighted by molar-refractivity contribution is 7.14. The van der Waals surface area contributed by atoms with Crippen LogP contribution in [0.1, 0.15) is 38.9 Å². The molecule has 1 aliphatic heterocycles. The summed E-state index contributed by atoms with van der Waals surface area (Å²) < 4.78 is 5.32. The summed E-state index contributed by atoms with van der Waals surface area (Å²) >= 11 is 7.62. The number of aromatic nitrogens is 2. The first-order chi connectivity index (χ1) is 13.4. The van der Waals surface area contributed by atoms with Crippen molar-refractivity contribution in [2.24, 2.45) is 0 Å². The van der Waals surface area contributed by atoms with Gasteiger partial charge in [-0.25, -0.2) is 4.98 Å². The van der Waals surface area contributed by atoms with Crippen LogP contribution in [0.4, 0.5) is 0 Å². The number of nitrogens with zero attached hydrogens (tertiary/aromatic N) is 2. The van der Waals surface area contributed by atoms with Gasteiger partial charge in [-0.1, -0.05) is 11.6 Å². The molecular formula is C20H23ClN4O2S. The van der Waals surface area contributed by atoms with E-state index in [1.807, 2.05) is 18.2 Å². The molecule has 0 aliphatic carbocycles. The molecule has 0 saturated heterocycles. The molecule has 1 amide bonds. The molecule has 148 valence electrons. The zero-order chi connectivity index (χ0) is 19.8. The number of aromatic amines is 1. The van der Waals surface area contributed by atoms with Crippen molar-refractivity contribution in [2.45, 2.75) is 32.0 Å². The Morgan fingerprint density at radius 3 is 3.11 bits per heavy atom. The average Bonchev–Trinajstić information content (AvgIpc) is 3.25. The van der Waals surface area contributed by atoms with Crippen LogP contribution in [0.15, 0.2) is 24.3 Å². The molecule has 1 aliphatic rings. The summed E-state index contributed by atoms with van der Waals surface area (Å²) in [5.41, 5.74) is 2.92. The normalized spacial score (nSPS) is 18.2. The minimum absolute atomic E-state index is 0.102. The van der Waals surface area contributed by atoms with Crippen LogP contribution in [-0.2, 0) is 17.7 Å². The third-order valence-corrected chi connectivity index (χ3v) is 6.61. The van der Waals surface area contributed by atoms with Crippen molar-refractivity contribution in [3.05, 3.63) is 50.4 Å². The molecule has 3 heterocycles. The molecule has 2 atom stereocenters. The number of hydrogen-bond donors (Lipinski definition) is 2. The first-order valence-corrected chi connectivity index (χ1v) is 10.4. The van der Waals surface area contributed by atoms with Gasteiger partial charge < -0.3 is 15.0 Å². The highest BCUT2D eigenvalue weighted by atomic mass is 35.5. The summed E-state index contributed by atoms with van der Waals surface area (Å²) in [7, 11) is 3.73. The molecule has 0 saturated carbocycles. The molecule has 0 bridgehead atoms. The zero-order valence-corrected chi connectivity index (χ0v) is 17.7. The van der Waals surface area contributed by atoms with Crippen molar-refractivity contribution >= 4 is 39.9 Å². The van der Waals surface area contributed by atoms with Crippen molar-refractivity contribution in [1.29, 1.82) is 0 Å². The molecule has 2 aromatic heterocycles. The summed E-state index contributed by atoms with van der Waals surface area (Å²) in [6.45, 7) is 3.42. The maximum absolute atomic E-state index is 12.9. The molecule has 0 radical (unpaired) electrons. The smallest absolute Gasteiger partial charge is 0.262 e. The number of likely N-dealkylation sites (N-methyl/N-ethyl adjacent to an activating group) is 1. The van der Waals surface area contributed by atoms with Crippen LogP contribution in [0.25, 0.3) is 11.0 Å². The fourth-order valence-corrected chi connectivity index (χ4v) is 4.82. The molecule has 0 fully saturated rings. The molecular weight excluding hydrogens is 396 g/mol. The third-order valence-electron chi connectivity index (χ3n) is 5.21. The van der Waals surface area contributed by atoms with Gasteiger partial charge in [-0.05, 0) is 50.2 Å². The van der Waals surface area contributed by atoms with Gasteiger partial charge in [0.1, 0.15) is 11.9 Å². The molecule has 4 rings (SSSR count). The number of amides is 1. The topological polar surface area (TPSA) is 70.2 Å². The molecule has 8 heteroatoms. The number of benzene rings is 1. The minimum atomic E-state index is -0.371. The van der Waals surface area contributed by atoms with Crippen LogP contribution in [-0.4, -0.2) is 47.6 Å². The first kappa shape index (κ1) is 19.4. The SMILES string of the molecule is COC[C@H](NC(=O)c1cc2c(s1)CN(C)C(C)C2)c1nc2cc(Cl)ccc2[nH]1. The molecule has 2 N–H and O–H groups in total. The second-order valence-corrected chi connectivity index (χ2v) is 8.87. The van der Waals surface area contributed by atoms with Crippen molar-refractivity contribution < 1.29 is 9.53 Å². The van der Waals surface area contributed by atoms with Crippen molar-refractivity contribution in [3.63, 3.8) is 0 Å². The number of H-pyrrole nitrogens is 1. The number of rotatable bonds is 5. The van der Waals surface area contributed by atoms with Crippen LogP contribution in [0, 0.1) is 0 Å². The number of nitrogens with one attached hydrogen (secondary N) is 2. The Balaban J connectivity index is 1.56. The van der Waals surface area contributed by atoms with Crippen LogP contribution in [0.2, 0.25) is 5.02 Å². The highest BCUT2D eigenvalue weighted by Crippen LogP contribution is 2.30. The number of methoxy groups -OCH3 is 1. The molecule has 1 unspecified atom stereocenters. The van der Waals surface area contributed by atoms with E-state index in [2.05, 4.69) is 34.2 Å². The summed E-state index contributed by atoms with van der Waals surface area (Å²) in [4.78, 5) is 25.1. The lowest BCUT2D eigenvalue weighted by molar-refractivity contribution is 0.0896.